The minimum Gasteiger partial charge on any atom is -0.456 e. The van der Waals surface area contributed by atoms with Gasteiger partial charge < -0.3 is 13.4 Å². The Hall–Kier alpha value is -7.83. The number of benzene rings is 8. The predicted octanol–water partition coefficient (Wildman–Crippen LogP) is 13.4. The number of nitrogens with zero attached hydrogens (tertiary/aromatic N) is 4. The second kappa shape index (κ2) is 12.3. The van der Waals surface area contributed by atoms with Crippen LogP contribution in [0.25, 0.3) is 117 Å². The van der Waals surface area contributed by atoms with Gasteiger partial charge in [-0.25, -0.2) is 15.0 Å². The Morgan fingerprint density at radius 2 is 0.930 bits per heavy atom. The highest BCUT2D eigenvalue weighted by molar-refractivity contribution is 6.23. The first-order chi connectivity index (χ1) is 28.2. The van der Waals surface area contributed by atoms with Gasteiger partial charge in [0.2, 0.25) is 0 Å². The third-order valence-corrected chi connectivity index (χ3v) is 11.0. The Morgan fingerprint density at radius 3 is 1.72 bits per heavy atom. The van der Waals surface area contributed by atoms with E-state index in [-0.39, 0.29) is 0 Å². The van der Waals surface area contributed by atoms with E-state index in [1.54, 1.807) is 0 Å². The molecule has 0 fully saturated rings. The Bertz CT molecular complexity index is 3470. The van der Waals surface area contributed by atoms with Crippen LogP contribution in [-0.4, -0.2) is 19.5 Å². The summed E-state index contributed by atoms with van der Waals surface area (Å²) in [4.78, 5) is 14.7. The van der Waals surface area contributed by atoms with Crippen LogP contribution in [-0.2, 0) is 0 Å². The molecular weight excluding hydrogens is 701 g/mol. The molecule has 0 bridgehead atoms. The van der Waals surface area contributed by atoms with Crippen LogP contribution in [0.2, 0.25) is 0 Å². The average Bonchev–Trinajstić information content (AvgIpc) is 3.96. The molecule has 6 heteroatoms. The van der Waals surface area contributed by atoms with E-state index in [0.717, 1.165) is 99.2 Å². The van der Waals surface area contributed by atoms with Crippen LogP contribution in [0.1, 0.15) is 0 Å². The van der Waals surface area contributed by atoms with Gasteiger partial charge in [0.15, 0.2) is 17.5 Å². The topological polar surface area (TPSA) is 69.9 Å². The maximum Gasteiger partial charge on any atom is 0.164 e. The number of hydrogen-bond donors (Lipinski definition) is 0. The zero-order valence-electron chi connectivity index (χ0n) is 30.4. The zero-order valence-corrected chi connectivity index (χ0v) is 30.4. The summed E-state index contributed by atoms with van der Waals surface area (Å²) >= 11 is 0. The molecule has 12 aromatic rings. The van der Waals surface area contributed by atoms with E-state index < -0.39 is 0 Å². The van der Waals surface area contributed by atoms with Gasteiger partial charge in [0.1, 0.15) is 22.3 Å². The quantitative estimate of drug-likeness (QED) is 0.176. The minimum absolute atomic E-state index is 0.591. The van der Waals surface area contributed by atoms with E-state index in [1.165, 1.54) is 0 Å². The molecule has 0 aliphatic carbocycles. The van der Waals surface area contributed by atoms with Crippen molar-refractivity contribution in [1.82, 2.24) is 19.5 Å². The molecule has 0 radical (unpaired) electrons. The molecule has 0 unspecified atom stereocenters. The highest BCUT2D eigenvalue weighted by Gasteiger charge is 2.19. The van der Waals surface area contributed by atoms with Crippen LogP contribution >= 0.6 is 0 Å². The fraction of sp³-hybridized carbons (Fsp3) is 0. The molecule has 0 atom stereocenters. The maximum atomic E-state index is 6.53. The van der Waals surface area contributed by atoms with Gasteiger partial charge in [0.05, 0.1) is 16.4 Å². The summed E-state index contributed by atoms with van der Waals surface area (Å²) in [5.41, 5.74) is 11.7. The SMILES string of the molecule is c1ccc(-c2nc(-c3ccccc3)nc(-c3ccc4c(c3)oc3ccc(-c5cccc(-n6c7ccccc7c7c8oc9ccccc9c8ccc76)c5)cc34)n2)cc1. The number of para-hydroxylation sites is 2. The van der Waals surface area contributed by atoms with Crippen molar-refractivity contribution < 1.29 is 8.83 Å². The van der Waals surface area contributed by atoms with Crippen molar-refractivity contribution in [1.29, 1.82) is 0 Å². The van der Waals surface area contributed by atoms with Crippen molar-refractivity contribution in [2.24, 2.45) is 0 Å². The first kappa shape index (κ1) is 31.5. The summed E-state index contributed by atoms with van der Waals surface area (Å²) in [5, 5.41) is 6.63. The molecular formula is C51H30N4O2. The van der Waals surface area contributed by atoms with Crippen LogP contribution in [0.3, 0.4) is 0 Å². The van der Waals surface area contributed by atoms with Gasteiger partial charge in [-0.15, -0.1) is 0 Å². The summed E-state index contributed by atoms with van der Waals surface area (Å²) in [7, 11) is 0. The average molecular weight is 731 g/mol. The molecule has 0 saturated heterocycles. The summed E-state index contributed by atoms with van der Waals surface area (Å²) in [6.07, 6.45) is 0. The minimum atomic E-state index is 0.591. The van der Waals surface area contributed by atoms with E-state index in [0.29, 0.717) is 17.5 Å². The first-order valence-corrected chi connectivity index (χ1v) is 19.0. The zero-order chi connectivity index (χ0) is 37.5. The van der Waals surface area contributed by atoms with Gasteiger partial charge in [-0.1, -0.05) is 121 Å². The molecule has 12 rings (SSSR count). The van der Waals surface area contributed by atoms with E-state index >= 15 is 0 Å². The van der Waals surface area contributed by atoms with Crippen molar-refractivity contribution in [2.75, 3.05) is 0 Å². The van der Waals surface area contributed by atoms with E-state index in [9.17, 15) is 0 Å². The molecule has 8 aromatic carbocycles. The molecule has 266 valence electrons. The van der Waals surface area contributed by atoms with Crippen molar-refractivity contribution in [3.05, 3.63) is 182 Å². The Labute approximate surface area is 325 Å². The Balaban J connectivity index is 0.961. The number of aromatic nitrogens is 4. The summed E-state index contributed by atoms with van der Waals surface area (Å²) in [6.45, 7) is 0. The number of hydrogen-bond acceptors (Lipinski definition) is 5. The van der Waals surface area contributed by atoms with Crippen molar-refractivity contribution in [3.8, 4) is 51.0 Å². The molecule has 0 spiro atoms. The molecule has 57 heavy (non-hydrogen) atoms. The molecule has 0 amide bonds. The van der Waals surface area contributed by atoms with Crippen LogP contribution in [0.5, 0.6) is 0 Å². The van der Waals surface area contributed by atoms with E-state index in [2.05, 4.69) is 108 Å². The maximum absolute atomic E-state index is 6.53. The molecule has 4 heterocycles. The largest absolute Gasteiger partial charge is 0.456 e. The highest BCUT2D eigenvalue weighted by atomic mass is 16.3. The van der Waals surface area contributed by atoms with Gasteiger partial charge in [0.25, 0.3) is 0 Å². The second-order valence-corrected chi connectivity index (χ2v) is 14.4. The monoisotopic (exact) mass is 730 g/mol. The fourth-order valence-corrected chi connectivity index (χ4v) is 8.37. The van der Waals surface area contributed by atoms with Gasteiger partial charge in [0, 0.05) is 49.3 Å². The standard InChI is InChI=1S/C51H30N4O2/c1-3-12-31(13-4-1)49-52-50(32-14-5-2-6-15-32)54-51(53-49)35-22-24-38-41-29-34(23-27-45(41)56-46(38)30-35)33-16-11-17-36(28-33)55-42-20-9-7-19-40(42)47-43(55)26-25-39-37-18-8-10-21-44(37)57-48(39)47/h1-30H. The summed E-state index contributed by atoms with van der Waals surface area (Å²) in [5.74, 6) is 1.84. The van der Waals surface area contributed by atoms with Gasteiger partial charge in [-0.2, -0.15) is 0 Å². The van der Waals surface area contributed by atoms with Gasteiger partial charge in [-0.3, -0.25) is 0 Å². The smallest absolute Gasteiger partial charge is 0.164 e. The van der Waals surface area contributed by atoms with Crippen molar-refractivity contribution in [3.63, 3.8) is 0 Å². The molecule has 0 aliphatic heterocycles. The lowest BCUT2D eigenvalue weighted by atomic mass is 10.0. The number of fused-ring (bicyclic) bond motifs is 10. The van der Waals surface area contributed by atoms with Gasteiger partial charge >= 0.3 is 0 Å². The Kier molecular flexibility index (Phi) is 6.83. The van der Waals surface area contributed by atoms with Crippen LogP contribution in [0.15, 0.2) is 191 Å². The molecule has 0 aliphatic rings. The summed E-state index contributed by atoms with van der Waals surface area (Å²) in [6, 6.07) is 62.7. The normalized spacial score (nSPS) is 11.9. The lowest BCUT2D eigenvalue weighted by Crippen LogP contribution is -2.00. The third kappa shape index (κ3) is 5.01. The Morgan fingerprint density at radius 1 is 0.333 bits per heavy atom. The predicted molar refractivity (Wildman–Crippen MR) is 230 cm³/mol. The van der Waals surface area contributed by atoms with E-state index in [4.69, 9.17) is 23.8 Å². The molecule has 0 saturated carbocycles. The van der Waals surface area contributed by atoms with Crippen molar-refractivity contribution >= 4 is 65.7 Å². The lowest BCUT2D eigenvalue weighted by molar-refractivity contribution is 0.669. The second-order valence-electron chi connectivity index (χ2n) is 14.4. The number of rotatable bonds is 5. The molecule has 4 aromatic heterocycles. The van der Waals surface area contributed by atoms with Gasteiger partial charge in [-0.05, 0) is 71.8 Å². The lowest BCUT2D eigenvalue weighted by Gasteiger charge is -2.10. The number of furan rings is 2. The third-order valence-electron chi connectivity index (χ3n) is 11.0. The van der Waals surface area contributed by atoms with Crippen LogP contribution in [0, 0.1) is 0 Å². The van der Waals surface area contributed by atoms with Crippen molar-refractivity contribution in [2.45, 2.75) is 0 Å². The van der Waals surface area contributed by atoms with Crippen LogP contribution in [0.4, 0.5) is 0 Å². The molecule has 6 nitrogen and oxygen atoms in total. The molecule has 0 N–H and O–H groups in total. The van der Waals surface area contributed by atoms with E-state index in [1.807, 2.05) is 78.9 Å². The van der Waals surface area contributed by atoms with Crippen LogP contribution < -0.4 is 0 Å². The fourth-order valence-electron chi connectivity index (χ4n) is 8.37. The summed E-state index contributed by atoms with van der Waals surface area (Å²) < 4.78 is 15.4. The first-order valence-electron chi connectivity index (χ1n) is 19.0. The highest BCUT2D eigenvalue weighted by Crippen LogP contribution is 2.41.